The van der Waals surface area contributed by atoms with E-state index in [2.05, 4.69) is 11.4 Å². The summed E-state index contributed by atoms with van der Waals surface area (Å²) in [6.07, 6.45) is -1.86. The van der Waals surface area contributed by atoms with E-state index in [1.165, 1.54) is 0 Å². The first kappa shape index (κ1) is 18.4. The van der Waals surface area contributed by atoms with Crippen LogP contribution in [-0.4, -0.2) is 27.8 Å². The maximum absolute atomic E-state index is 12.8. The molecule has 0 saturated heterocycles. The van der Waals surface area contributed by atoms with Gasteiger partial charge >= 0.3 is 0 Å². The summed E-state index contributed by atoms with van der Waals surface area (Å²) in [6, 6.07) is 10.9. The highest BCUT2D eigenvalue weighted by molar-refractivity contribution is 5.87. The van der Waals surface area contributed by atoms with Gasteiger partial charge in [-0.15, -0.1) is 0 Å². The lowest BCUT2D eigenvalue weighted by Gasteiger charge is -2.40. The summed E-state index contributed by atoms with van der Waals surface area (Å²) in [5, 5.41) is 23.5. The van der Waals surface area contributed by atoms with Crippen LogP contribution >= 0.6 is 0 Å². The Hall–Kier alpha value is -2.37. The predicted octanol–water partition coefficient (Wildman–Crippen LogP) is 2.47. The molecule has 3 rings (SSSR count). The molecule has 2 unspecified atom stereocenters. The number of ether oxygens (including phenoxy) is 1. The number of hydrogen-bond acceptors (Lipinski definition) is 4. The molecule has 3 N–H and O–H groups in total. The van der Waals surface area contributed by atoms with Crippen LogP contribution in [0, 0.1) is 20.8 Å². The number of nitrogens with one attached hydrogen (secondary N) is 1. The molecule has 5 nitrogen and oxygen atoms in total. The van der Waals surface area contributed by atoms with Gasteiger partial charge in [0, 0.05) is 17.5 Å². The van der Waals surface area contributed by atoms with Crippen molar-refractivity contribution < 1.29 is 19.7 Å². The van der Waals surface area contributed by atoms with Crippen LogP contribution in [0.1, 0.15) is 41.0 Å². The molecule has 2 aromatic carbocycles. The molecule has 138 valence electrons. The summed E-state index contributed by atoms with van der Waals surface area (Å²) in [4.78, 5) is 12.8. The molecule has 5 heteroatoms. The van der Waals surface area contributed by atoms with E-state index in [1.807, 2.05) is 26.8 Å². The molecule has 0 saturated carbocycles. The molecule has 0 aromatic heterocycles. The maximum Gasteiger partial charge on any atom is 0.268 e. The summed E-state index contributed by atoms with van der Waals surface area (Å²) in [7, 11) is 0. The molecule has 0 bridgehead atoms. The van der Waals surface area contributed by atoms with Crippen molar-refractivity contribution in [1.29, 1.82) is 0 Å². The van der Waals surface area contributed by atoms with Gasteiger partial charge in [-0.05, 0) is 44.4 Å². The third-order valence-corrected chi connectivity index (χ3v) is 5.30. The van der Waals surface area contributed by atoms with Crippen LogP contribution in [0.25, 0.3) is 0 Å². The molecule has 1 aliphatic rings. The first-order valence-electron chi connectivity index (χ1n) is 8.74. The van der Waals surface area contributed by atoms with E-state index >= 15 is 0 Å². The summed E-state index contributed by atoms with van der Waals surface area (Å²) >= 11 is 0. The zero-order valence-electron chi connectivity index (χ0n) is 15.5. The van der Waals surface area contributed by atoms with Gasteiger partial charge in [-0.25, -0.2) is 0 Å². The lowest BCUT2D eigenvalue weighted by molar-refractivity contribution is -0.150. The molecular formula is C21H25NO4. The lowest BCUT2D eigenvalue weighted by Crippen LogP contribution is -2.59. The molecular weight excluding hydrogens is 330 g/mol. The third-order valence-electron chi connectivity index (χ3n) is 5.30. The Morgan fingerprint density at radius 1 is 1.23 bits per heavy atom. The summed E-state index contributed by atoms with van der Waals surface area (Å²) in [6.45, 7) is 7.48. The van der Waals surface area contributed by atoms with Gasteiger partial charge in [-0.1, -0.05) is 36.4 Å². The fourth-order valence-corrected chi connectivity index (χ4v) is 3.35. The average molecular weight is 355 g/mol. The number of aliphatic hydroxyl groups is 2. The molecule has 0 spiro atoms. The lowest BCUT2D eigenvalue weighted by atomic mass is 9.85. The quantitative estimate of drug-likeness (QED) is 0.739. The minimum Gasteiger partial charge on any atom is -0.474 e. The number of fused-ring (bicyclic) bond motifs is 1. The van der Waals surface area contributed by atoms with Gasteiger partial charge in [0.15, 0.2) is 6.23 Å². The molecule has 2 aromatic rings. The Labute approximate surface area is 153 Å². The van der Waals surface area contributed by atoms with Crippen LogP contribution in [0.15, 0.2) is 36.4 Å². The van der Waals surface area contributed by atoms with Crippen molar-refractivity contribution in [2.75, 3.05) is 0 Å². The number of aryl methyl sites for hydroxylation is 2. The predicted molar refractivity (Wildman–Crippen MR) is 98.9 cm³/mol. The molecule has 26 heavy (non-hydrogen) atoms. The third kappa shape index (κ3) is 3.08. The number of benzene rings is 2. The maximum atomic E-state index is 12.8. The summed E-state index contributed by atoms with van der Waals surface area (Å²) in [5.74, 6) is 0.102. The molecule has 0 fully saturated rings. The number of amides is 1. The van der Waals surface area contributed by atoms with Crippen LogP contribution in [0.4, 0.5) is 0 Å². The Morgan fingerprint density at radius 3 is 2.54 bits per heavy atom. The van der Waals surface area contributed by atoms with Crippen LogP contribution in [0.5, 0.6) is 5.75 Å². The Morgan fingerprint density at radius 2 is 1.88 bits per heavy atom. The van der Waals surface area contributed by atoms with Crippen molar-refractivity contribution >= 4 is 5.91 Å². The van der Waals surface area contributed by atoms with Crippen molar-refractivity contribution in [3.63, 3.8) is 0 Å². The Kier molecular flexibility index (Phi) is 4.78. The molecule has 0 radical (unpaired) electrons. The smallest absolute Gasteiger partial charge is 0.268 e. The highest BCUT2D eigenvalue weighted by Crippen LogP contribution is 2.39. The van der Waals surface area contributed by atoms with Crippen LogP contribution in [0.3, 0.4) is 0 Å². The minimum absolute atomic E-state index is 0.327. The van der Waals surface area contributed by atoms with Crippen molar-refractivity contribution in [1.82, 2.24) is 5.32 Å². The zero-order chi connectivity index (χ0) is 19.1. The second kappa shape index (κ2) is 6.74. The first-order chi connectivity index (χ1) is 12.2. The van der Waals surface area contributed by atoms with Gasteiger partial charge in [0.1, 0.15) is 11.9 Å². The van der Waals surface area contributed by atoms with E-state index in [0.29, 0.717) is 17.7 Å². The van der Waals surface area contributed by atoms with E-state index in [4.69, 9.17) is 4.74 Å². The monoisotopic (exact) mass is 355 g/mol. The van der Waals surface area contributed by atoms with Crippen molar-refractivity contribution in [2.24, 2.45) is 0 Å². The first-order valence-corrected chi connectivity index (χ1v) is 8.74. The van der Waals surface area contributed by atoms with E-state index in [1.54, 1.807) is 31.2 Å². The number of carbonyl (C=O) groups is 1. The van der Waals surface area contributed by atoms with Gasteiger partial charge in [-0.2, -0.15) is 0 Å². The molecule has 1 amide bonds. The molecule has 1 aliphatic heterocycles. The van der Waals surface area contributed by atoms with Gasteiger partial charge in [-0.3, -0.25) is 4.79 Å². The van der Waals surface area contributed by atoms with Crippen LogP contribution in [-0.2, 0) is 11.2 Å². The fourth-order valence-electron chi connectivity index (χ4n) is 3.35. The molecule has 3 atom stereocenters. The summed E-state index contributed by atoms with van der Waals surface area (Å²) in [5.41, 5.74) is 3.08. The van der Waals surface area contributed by atoms with Crippen LogP contribution in [0.2, 0.25) is 0 Å². The number of hydrogen-bond donors (Lipinski definition) is 3. The van der Waals surface area contributed by atoms with E-state index in [-0.39, 0.29) is 0 Å². The highest BCUT2D eigenvalue weighted by Gasteiger charge is 2.48. The topological polar surface area (TPSA) is 78.8 Å². The second-order valence-electron chi connectivity index (χ2n) is 7.16. The van der Waals surface area contributed by atoms with Crippen molar-refractivity contribution in [3.8, 4) is 5.75 Å². The van der Waals surface area contributed by atoms with E-state index < -0.39 is 23.8 Å². The van der Waals surface area contributed by atoms with Crippen LogP contribution < -0.4 is 10.1 Å². The second-order valence-corrected chi connectivity index (χ2v) is 7.16. The van der Waals surface area contributed by atoms with Crippen molar-refractivity contribution in [2.45, 2.75) is 52.0 Å². The number of aliphatic hydroxyl groups excluding tert-OH is 2. The molecule has 1 heterocycles. The van der Waals surface area contributed by atoms with Gasteiger partial charge in [0.2, 0.25) is 5.60 Å². The zero-order valence-corrected chi connectivity index (χ0v) is 15.5. The highest BCUT2D eigenvalue weighted by atomic mass is 16.5. The number of rotatable bonds is 3. The van der Waals surface area contributed by atoms with Gasteiger partial charge in [0.25, 0.3) is 5.91 Å². The van der Waals surface area contributed by atoms with Gasteiger partial charge < -0.3 is 20.3 Å². The van der Waals surface area contributed by atoms with E-state index in [0.717, 1.165) is 22.3 Å². The minimum atomic E-state index is -1.48. The standard InChI is InChI=1S/C21H25NO4/c1-12-10-13(2)16-11-17(23)21(4,26-18(16)14(12)3)20(25)22-19(24)15-8-6-5-7-9-15/h5-10,17,19,23-24H,11H2,1-4H3,(H,22,25)/t17?,19-,21?/m0/s1. The van der Waals surface area contributed by atoms with Gasteiger partial charge in [0.05, 0.1) is 0 Å². The Balaban J connectivity index is 1.89. The van der Waals surface area contributed by atoms with Crippen molar-refractivity contribution in [3.05, 3.63) is 64.2 Å². The molecule has 0 aliphatic carbocycles. The largest absolute Gasteiger partial charge is 0.474 e. The Bertz CT molecular complexity index is 834. The summed E-state index contributed by atoms with van der Waals surface area (Å²) < 4.78 is 6.05. The SMILES string of the molecule is Cc1cc(C)c2c(c1C)OC(C)(C(=O)N[C@@H](O)c1ccccc1)C(O)C2. The van der Waals surface area contributed by atoms with E-state index in [9.17, 15) is 15.0 Å². The fraction of sp³-hybridized carbons (Fsp3) is 0.381. The normalized spacial score (nSPS) is 22.9. The number of carbonyl (C=O) groups excluding carboxylic acids is 1. The average Bonchev–Trinajstić information content (AvgIpc) is 2.62.